The molecule has 0 unspecified atom stereocenters. The second-order valence-electron chi connectivity index (χ2n) is 5.99. The standard InChI is InChI=1S/C21H13ClN4O2/c1-25-19-18(23-11-12-24-19)20(27)26(21(25)28)17-10-9-15(13-16(17)22)8-7-14-5-3-2-4-6-14/h2-6,9-13H,1H3. The summed E-state index contributed by atoms with van der Waals surface area (Å²) in [4.78, 5) is 33.7. The van der Waals surface area contributed by atoms with Gasteiger partial charge >= 0.3 is 5.69 Å². The van der Waals surface area contributed by atoms with E-state index in [-0.39, 0.29) is 21.9 Å². The first-order valence-corrected chi connectivity index (χ1v) is 8.74. The van der Waals surface area contributed by atoms with E-state index in [2.05, 4.69) is 21.8 Å². The van der Waals surface area contributed by atoms with E-state index in [1.165, 1.54) is 24.0 Å². The number of aryl methyl sites for hydroxylation is 1. The first-order valence-electron chi connectivity index (χ1n) is 8.36. The highest BCUT2D eigenvalue weighted by atomic mass is 35.5. The Labute approximate surface area is 164 Å². The van der Waals surface area contributed by atoms with Gasteiger partial charge in [-0.2, -0.15) is 0 Å². The van der Waals surface area contributed by atoms with Gasteiger partial charge in [-0.1, -0.05) is 41.6 Å². The van der Waals surface area contributed by atoms with Crippen LogP contribution >= 0.6 is 11.6 Å². The molecule has 0 amide bonds. The predicted octanol–water partition coefficient (Wildman–Crippen LogP) is 2.53. The number of benzene rings is 2. The molecule has 0 aliphatic heterocycles. The van der Waals surface area contributed by atoms with E-state index < -0.39 is 11.2 Å². The zero-order chi connectivity index (χ0) is 19.7. The van der Waals surface area contributed by atoms with E-state index in [1.807, 2.05) is 30.3 Å². The van der Waals surface area contributed by atoms with E-state index in [0.29, 0.717) is 5.56 Å². The Kier molecular flexibility index (Phi) is 4.52. The minimum absolute atomic E-state index is 0.0913. The number of halogens is 1. The molecule has 4 aromatic rings. The summed E-state index contributed by atoms with van der Waals surface area (Å²) in [6.45, 7) is 0. The SMILES string of the molecule is Cn1c(=O)n(-c2ccc(C#Cc3ccccc3)cc2Cl)c(=O)c2nccnc21. The first kappa shape index (κ1) is 17.7. The Morgan fingerprint density at radius 1 is 0.929 bits per heavy atom. The molecule has 28 heavy (non-hydrogen) atoms. The van der Waals surface area contributed by atoms with Crippen LogP contribution in [-0.2, 0) is 7.05 Å². The highest BCUT2D eigenvalue weighted by molar-refractivity contribution is 6.32. The molecule has 0 radical (unpaired) electrons. The number of nitrogens with zero attached hydrogens (tertiary/aromatic N) is 4. The van der Waals surface area contributed by atoms with Crippen LogP contribution in [0.1, 0.15) is 11.1 Å². The van der Waals surface area contributed by atoms with Gasteiger partial charge in [0.15, 0.2) is 11.2 Å². The monoisotopic (exact) mass is 388 g/mol. The molecule has 2 aromatic carbocycles. The van der Waals surface area contributed by atoms with Gasteiger partial charge in [0.05, 0.1) is 10.7 Å². The summed E-state index contributed by atoms with van der Waals surface area (Å²) in [6, 6.07) is 14.5. The number of hydrogen-bond acceptors (Lipinski definition) is 4. The van der Waals surface area contributed by atoms with Crippen molar-refractivity contribution in [3.8, 4) is 17.5 Å². The molecule has 0 bridgehead atoms. The van der Waals surface area contributed by atoms with E-state index in [4.69, 9.17) is 11.6 Å². The number of fused-ring (bicyclic) bond motifs is 1. The fraction of sp³-hybridized carbons (Fsp3) is 0.0476. The van der Waals surface area contributed by atoms with Crippen molar-refractivity contribution >= 4 is 22.8 Å². The number of rotatable bonds is 1. The van der Waals surface area contributed by atoms with Gasteiger partial charge < -0.3 is 0 Å². The van der Waals surface area contributed by atoms with Gasteiger partial charge in [-0.3, -0.25) is 9.36 Å². The Morgan fingerprint density at radius 2 is 1.64 bits per heavy atom. The lowest BCUT2D eigenvalue weighted by Gasteiger charge is -2.11. The van der Waals surface area contributed by atoms with Crippen LogP contribution in [0.2, 0.25) is 5.02 Å². The third kappa shape index (κ3) is 3.08. The third-order valence-corrected chi connectivity index (χ3v) is 4.50. The van der Waals surface area contributed by atoms with Crippen molar-refractivity contribution in [3.63, 3.8) is 0 Å². The minimum Gasteiger partial charge on any atom is -0.279 e. The normalized spacial score (nSPS) is 10.5. The summed E-state index contributed by atoms with van der Waals surface area (Å²) in [5, 5.41) is 0.238. The van der Waals surface area contributed by atoms with Crippen LogP contribution in [0.5, 0.6) is 0 Å². The molecule has 0 spiro atoms. The topological polar surface area (TPSA) is 69.8 Å². The van der Waals surface area contributed by atoms with Crippen molar-refractivity contribution in [2.75, 3.05) is 0 Å². The summed E-state index contributed by atoms with van der Waals surface area (Å²) in [6.07, 6.45) is 2.83. The maximum absolute atomic E-state index is 12.8. The van der Waals surface area contributed by atoms with Gasteiger partial charge in [0.2, 0.25) is 0 Å². The molecular weight excluding hydrogens is 376 g/mol. The molecular formula is C21H13ClN4O2. The van der Waals surface area contributed by atoms with Crippen LogP contribution in [0.3, 0.4) is 0 Å². The number of aromatic nitrogens is 4. The van der Waals surface area contributed by atoms with Crippen LogP contribution < -0.4 is 11.2 Å². The average Bonchev–Trinajstić information content (AvgIpc) is 2.73. The Hall–Kier alpha value is -3.69. The summed E-state index contributed by atoms with van der Waals surface area (Å²) in [5.74, 6) is 6.07. The summed E-state index contributed by atoms with van der Waals surface area (Å²) >= 11 is 6.38. The van der Waals surface area contributed by atoms with Crippen LogP contribution in [0, 0.1) is 11.8 Å². The fourth-order valence-electron chi connectivity index (χ4n) is 2.80. The lowest BCUT2D eigenvalue weighted by molar-refractivity contribution is 0.760. The van der Waals surface area contributed by atoms with Crippen molar-refractivity contribution < 1.29 is 0 Å². The maximum Gasteiger partial charge on any atom is 0.337 e. The van der Waals surface area contributed by atoms with Gasteiger partial charge in [0.1, 0.15) is 0 Å². The van der Waals surface area contributed by atoms with Gasteiger partial charge in [0, 0.05) is 30.6 Å². The lowest BCUT2D eigenvalue weighted by Crippen LogP contribution is -2.38. The van der Waals surface area contributed by atoms with Gasteiger partial charge in [0.25, 0.3) is 5.56 Å². The fourth-order valence-corrected chi connectivity index (χ4v) is 3.07. The van der Waals surface area contributed by atoms with E-state index in [9.17, 15) is 9.59 Å². The smallest absolute Gasteiger partial charge is 0.279 e. The van der Waals surface area contributed by atoms with Gasteiger partial charge in [-0.05, 0) is 30.3 Å². The van der Waals surface area contributed by atoms with Crippen molar-refractivity contribution in [2.45, 2.75) is 0 Å². The van der Waals surface area contributed by atoms with Crippen LogP contribution in [0.15, 0.2) is 70.5 Å². The van der Waals surface area contributed by atoms with Crippen molar-refractivity contribution in [3.05, 3.63) is 97.9 Å². The molecule has 2 aromatic heterocycles. The predicted molar refractivity (Wildman–Crippen MR) is 108 cm³/mol. The molecule has 0 aliphatic rings. The minimum atomic E-state index is -0.573. The van der Waals surface area contributed by atoms with E-state index in [0.717, 1.165) is 10.1 Å². The van der Waals surface area contributed by atoms with Gasteiger partial charge in [-0.15, -0.1) is 0 Å². The summed E-state index contributed by atoms with van der Waals surface area (Å²) in [5.41, 5.74) is 0.997. The van der Waals surface area contributed by atoms with Crippen molar-refractivity contribution in [1.29, 1.82) is 0 Å². The molecule has 0 aliphatic carbocycles. The maximum atomic E-state index is 12.8. The molecule has 0 saturated heterocycles. The molecule has 0 N–H and O–H groups in total. The van der Waals surface area contributed by atoms with Crippen LogP contribution in [0.25, 0.3) is 16.9 Å². The molecule has 2 heterocycles. The van der Waals surface area contributed by atoms with Gasteiger partial charge in [-0.25, -0.2) is 19.3 Å². The number of hydrogen-bond donors (Lipinski definition) is 0. The average molecular weight is 389 g/mol. The summed E-state index contributed by atoms with van der Waals surface area (Å²) < 4.78 is 2.26. The molecule has 0 atom stereocenters. The Morgan fingerprint density at radius 3 is 2.39 bits per heavy atom. The summed E-state index contributed by atoms with van der Waals surface area (Å²) in [7, 11) is 1.53. The Bertz CT molecular complexity index is 1380. The van der Waals surface area contributed by atoms with Crippen molar-refractivity contribution in [1.82, 2.24) is 19.1 Å². The van der Waals surface area contributed by atoms with E-state index in [1.54, 1.807) is 18.2 Å². The van der Waals surface area contributed by atoms with Crippen LogP contribution in [0.4, 0.5) is 0 Å². The quantitative estimate of drug-likeness (QED) is 0.470. The second-order valence-corrected chi connectivity index (χ2v) is 6.40. The van der Waals surface area contributed by atoms with Crippen LogP contribution in [-0.4, -0.2) is 19.1 Å². The zero-order valence-electron chi connectivity index (χ0n) is 14.8. The zero-order valence-corrected chi connectivity index (χ0v) is 15.5. The first-order chi connectivity index (χ1) is 13.6. The molecule has 4 rings (SSSR count). The second kappa shape index (κ2) is 7.14. The molecule has 7 heteroatoms. The molecule has 136 valence electrons. The highest BCUT2D eigenvalue weighted by Gasteiger charge is 2.16. The Balaban J connectivity index is 1.85. The van der Waals surface area contributed by atoms with Crippen molar-refractivity contribution in [2.24, 2.45) is 7.05 Å². The highest BCUT2D eigenvalue weighted by Crippen LogP contribution is 2.20. The molecule has 0 saturated carbocycles. The third-order valence-electron chi connectivity index (χ3n) is 4.19. The lowest BCUT2D eigenvalue weighted by atomic mass is 10.1. The largest absolute Gasteiger partial charge is 0.337 e. The molecule has 0 fully saturated rings. The molecule has 6 nitrogen and oxygen atoms in total. The van der Waals surface area contributed by atoms with E-state index >= 15 is 0 Å².